The van der Waals surface area contributed by atoms with Gasteiger partial charge in [-0.25, -0.2) is 9.78 Å². The highest BCUT2D eigenvalue weighted by Gasteiger charge is 2.16. The molecule has 0 radical (unpaired) electrons. The summed E-state index contributed by atoms with van der Waals surface area (Å²) in [7, 11) is 0. The molecule has 0 amide bonds. The molecular weight excluding hydrogens is 421 g/mol. The molecule has 2 rings (SSSR count). The van der Waals surface area contributed by atoms with Gasteiger partial charge in [-0.3, -0.25) is 0 Å². The predicted molar refractivity (Wildman–Crippen MR) is 99.4 cm³/mol. The summed E-state index contributed by atoms with van der Waals surface area (Å²) < 4.78 is 17.4. The number of rotatable bonds is 8. The van der Waals surface area contributed by atoms with Crippen molar-refractivity contribution in [2.24, 2.45) is 0 Å². The van der Waals surface area contributed by atoms with Gasteiger partial charge in [0.25, 0.3) is 0 Å². The Balaban J connectivity index is 1.90. The highest BCUT2D eigenvalue weighted by Crippen LogP contribution is 2.26. The van der Waals surface area contributed by atoms with Crippen LogP contribution < -0.4 is 9.47 Å². The number of carbonyl (C=O) groups excluding carboxylic acids is 1. The summed E-state index contributed by atoms with van der Waals surface area (Å²) in [5.74, 6) is 1.43. The molecule has 1 atom stereocenters. The van der Waals surface area contributed by atoms with Crippen LogP contribution >= 0.6 is 22.6 Å². The molecule has 0 aliphatic carbocycles. The van der Waals surface area contributed by atoms with Gasteiger partial charge in [0, 0.05) is 6.20 Å². The largest absolute Gasteiger partial charge is 0.479 e. The van der Waals surface area contributed by atoms with E-state index >= 15 is 0 Å². The van der Waals surface area contributed by atoms with E-state index in [9.17, 15) is 4.79 Å². The number of hydrogen-bond donors (Lipinski definition) is 0. The van der Waals surface area contributed by atoms with Crippen molar-refractivity contribution in [1.29, 1.82) is 0 Å². The van der Waals surface area contributed by atoms with Crippen molar-refractivity contribution >= 4 is 28.6 Å². The molecule has 1 aromatic carbocycles. The van der Waals surface area contributed by atoms with Gasteiger partial charge in [-0.15, -0.1) is 0 Å². The zero-order valence-corrected chi connectivity index (χ0v) is 15.9. The molecule has 5 nitrogen and oxygen atoms in total. The Morgan fingerprint density at radius 3 is 2.58 bits per heavy atom. The van der Waals surface area contributed by atoms with Crippen LogP contribution in [0.5, 0.6) is 17.4 Å². The first-order valence-corrected chi connectivity index (χ1v) is 8.89. The maximum absolute atomic E-state index is 11.8. The predicted octanol–water partition coefficient (Wildman–Crippen LogP) is 4.59. The summed E-state index contributed by atoms with van der Waals surface area (Å²) in [4.78, 5) is 16.0. The van der Waals surface area contributed by atoms with Crippen molar-refractivity contribution in [3.05, 3.63) is 46.2 Å². The minimum atomic E-state index is -0.648. The Morgan fingerprint density at radius 2 is 1.92 bits per heavy atom. The Bertz CT molecular complexity index is 660. The highest BCUT2D eigenvalue weighted by molar-refractivity contribution is 14.1. The van der Waals surface area contributed by atoms with Crippen LogP contribution in [0.2, 0.25) is 0 Å². The van der Waals surface area contributed by atoms with Crippen molar-refractivity contribution < 1.29 is 19.0 Å². The molecule has 1 heterocycles. The summed E-state index contributed by atoms with van der Waals surface area (Å²) in [5.41, 5.74) is 0. The summed E-state index contributed by atoms with van der Waals surface area (Å²) in [6.07, 6.45) is 2.88. The standard InChI is InChI=1S/C18H20INO4/c1-3-4-12-22-18(21)13(2)23-14-7-9-15(10-8-14)24-17-16(19)6-5-11-20-17/h5-11,13H,3-4,12H2,1-2H3. The lowest BCUT2D eigenvalue weighted by Crippen LogP contribution is -2.26. The number of aromatic nitrogens is 1. The number of esters is 1. The Kier molecular flexibility index (Phi) is 7.30. The third-order valence-corrected chi connectivity index (χ3v) is 3.97. The molecule has 1 aromatic heterocycles. The number of hydrogen-bond acceptors (Lipinski definition) is 5. The van der Waals surface area contributed by atoms with Crippen molar-refractivity contribution in [3.63, 3.8) is 0 Å². The first kappa shape index (κ1) is 18.5. The van der Waals surface area contributed by atoms with Crippen molar-refractivity contribution in [2.75, 3.05) is 6.61 Å². The molecule has 0 aliphatic rings. The second-order valence-corrected chi connectivity index (χ2v) is 6.31. The third-order valence-electron chi connectivity index (χ3n) is 3.15. The highest BCUT2D eigenvalue weighted by atomic mass is 127. The average molecular weight is 441 g/mol. The van der Waals surface area contributed by atoms with Crippen LogP contribution in [0.25, 0.3) is 0 Å². The second kappa shape index (κ2) is 9.46. The summed E-state index contributed by atoms with van der Waals surface area (Å²) in [6, 6.07) is 10.8. The molecule has 1 unspecified atom stereocenters. The van der Waals surface area contributed by atoms with E-state index in [1.54, 1.807) is 37.4 Å². The lowest BCUT2D eigenvalue weighted by atomic mass is 10.3. The summed E-state index contributed by atoms with van der Waals surface area (Å²) in [5, 5.41) is 0. The monoisotopic (exact) mass is 441 g/mol. The SMILES string of the molecule is CCCCOC(=O)C(C)Oc1ccc(Oc2ncccc2I)cc1. The quantitative estimate of drug-likeness (QED) is 0.341. The number of halogens is 1. The lowest BCUT2D eigenvalue weighted by Gasteiger charge is -2.14. The van der Waals surface area contributed by atoms with E-state index in [4.69, 9.17) is 14.2 Å². The van der Waals surface area contributed by atoms with Gasteiger partial charge in [-0.2, -0.15) is 0 Å². The summed E-state index contributed by atoms with van der Waals surface area (Å²) >= 11 is 2.17. The average Bonchev–Trinajstić information content (AvgIpc) is 2.58. The molecule has 24 heavy (non-hydrogen) atoms. The van der Waals surface area contributed by atoms with E-state index in [-0.39, 0.29) is 5.97 Å². The van der Waals surface area contributed by atoms with E-state index in [1.807, 2.05) is 19.1 Å². The van der Waals surface area contributed by atoms with Crippen LogP contribution in [0, 0.1) is 3.57 Å². The Hall–Kier alpha value is -1.83. The zero-order chi connectivity index (χ0) is 17.4. The number of nitrogens with zero attached hydrogens (tertiary/aromatic N) is 1. The van der Waals surface area contributed by atoms with Gasteiger partial charge in [0.05, 0.1) is 10.2 Å². The van der Waals surface area contributed by atoms with Gasteiger partial charge in [0.1, 0.15) is 11.5 Å². The third kappa shape index (κ3) is 5.67. The fraction of sp³-hybridized carbons (Fsp3) is 0.333. The van der Waals surface area contributed by atoms with Crippen molar-refractivity contribution in [1.82, 2.24) is 4.98 Å². The van der Waals surface area contributed by atoms with Gasteiger partial charge in [-0.05, 0) is 72.3 Å². The minimum absolute atomic E-state index is 0.355. The van der Waals surface area contributed by atoms with E-state index in [0.29, 0.717) is 24.0 Å². The maximum atomic E-state index is 11.8. The van der Waals surface area contributed by atoms with Crippen LogP contribution in [0.15, 0.2) is 42.6 Å². The van der Waals surface area contributed by atoms with Crippen LogP contribution in [0.1, 0.15) is 26.7 Å². The number of carbonyl (C=O) groups is 1. The first-order valence-electron chi connectivity index (χ1n) is 7.82. The topological polar surface area (TPSA) is 57.7 Å². The zero-order valence-electron chi connectivity index (χ0n) is 13.7. The smallest absolute Gasteiger partial charge is 0.347 e. The Morgan fingerprint density at radius 1 is 1.21 bits per heavy atom. The molecule has 6 heteroatoms. The molecule has 0 N–H and O–H groups in total. The molecule has 0 saturated heterocycles. The van der Waals surface area contributed by atoms with E-state index in [2.05, 4.69) is 27.6 Å². The molecule has 0 bridgehead atoms. The second-order valence-electron chi connectivity index (χ2n) is 5.14. The van der Waals surface area contributed by atoms with E-state index < -0.39 is 6.10 Å². The van der Waals surface area contributed by atoms with Gasteiger partial charge in [0.15, 0.2) is 6.10 Å². The summed E-state index contributed by atoms with van der Waals surface area (Å²) in [6.45, 7) is 4.15. The lowest BCUT2D eigenvalue weighted by molar-refractivity contribution is -0.151. The van der Waals surface area contributed by atoms with Crippen LogP contribution in [0.4, 0.5) is 0 Å². The first-order chi connectivity index (χ1) is 11.6. The van der Waals surface area contributed by atoms with Gasteiger partial charge in [-0.1, -0.05) is 13.3 Å². The molecular formula is C18H20INO4. The van der Waals surface area contributed by atoms with Crippen molar-refractivity contribution in [3.8, 4) is 17.4 Å². The normalized spacial score (nSPS) is 11.6. The molecule has 0 spiro atoms. The van der Waals surface area contributed by atoms with E-state index in [1.165, 1.54) is 0 Å². The molecule has 0 saturated carbocycles. The molecule has 128 valence electrons. The fourth-order valence-electron chi connectivity index (χ4n) is 1.83. The number of benzene rings is 1. The van der Waals surface area contributed by atoms with Crippen LogP contribution in [0.3, 0.4) is 0 Å². The fourth-order valence-corrected chi connectivity index (χ4v) is 2.29. The molecule has 0 aliphatic heterocycles. The van der Waals surface area contributed by atoms with Crippen LogP contribution in [-0.2, 0) is 9.53 Å². The number of ether oxygens (including phenoxy) is 3. The number of unbranched alkanes of at least 4 members (excludes halogenated alkanes) is 1. The van der Waals surface area contributed by atoms with Gasteiger partial charge in [0.2, 0.25) is 5.88 Å². The van der Waals surface area contributed by atoms with Crippen LogP contribution in [-0.4, -0.2) is 23.7 Å². The number of pyridine rings is 1. The van der Waals surface area contributed by atoms with Gasteiger partial charge < -0.3 is 14.2 Å². The molecule has 2 aromatic rings. The Labute approximate surface area is 155 Å². The van der Waals surface area contributed by atoms with Crippen molar-refractivity contribution in [2.45, 2.75) is 32.8 Å². The van der Waals surface area contributed by atoms with Gasteiger partial charge >= 0.3 is 5.97 Å². The molecule has 0 fully saturated rings. The minimum Gasteiger partial charge on any atom is -0.479 e. The maximum Gasteiger partial charge on any atom is 0.347 e. The van der Waals surface area contributed by atoms with E-state index in [0.717, 1.165) is 16.4 Å².